The van der Waals surface area contributed by atoms with Crippen LogP contribution in [0.3, 0.4) is 0 Å². The highest BCUT2D eigenvalue weighted by molar-refractivity contribution is 5.92. The number of benzene rings is 2. The second-order valence-corrected chi connectivity index (χ2v) is 5.48. The smallest absolute Gasteiger partial charge is 0.365 e. The van der Waals surface area contributed by atoms with Gasteiger partial charge in [0, 0.05) is 6.07 Å². The van der Waals surface area contributed by atoms with Crippen LogP contribution in [0.1, 0.15) is 11.7 Å². The molecule has 24 heavy (non-hydrogen) atoms. The summed E-state index contributed by atoms with van der Waals surface area (Å²) >= 11 is 0. The minimum absolute atomic E-state index is 0.335. The Morgan fingerprint density at radius 1 is 1.12 bits per heavy atom. The summed E-state index contributed by atoms with van der Waals surface area (Å²) in [6.45, 7) is 0. The number of anilines is 1. The van der Waals surface area contributed by atoms with Gasteiger partial charge in [0.1, 0.15) is 22.5 Å². The monoisotopic (exact) mass is 324 g/mol. The lowest BCUT2D eigenvalue weighted by Crippen LogP contribution is -2.48. The first-order chi connectivity index (χ1) is 11.7. The van der Waals surface area contributed by atoms with Crippen molar-refractivity contribution in [2.45, 2.75) is 6.17 Å². The van der Waals surface area contributed by atoms with Gasteiger partial charge in [-0.2, -0.15) is 4.99 Å². The molecular weight excluding hydrogens is 306 g/mol. The molecule has 4 rings (SSSR count). The fourth-order valence-corrected chi connectivity index (χ4v) is 3.03. The lowest BCUT2D eigenvalue weighted by Gasteiger charge is -2.20. The van der Waals surface area contributed by atoms with Crippen molar-refractivity contribution < 1.29 is 14.0 Å². The molecule has 4 N–H and O–H groups in total. The van der Waals surface area contributed by atoms with Crippen molar-refractivity contribution in [2.75, 3.05) is 19.5 Å². The Hall–Kier alpha value is -3.22. The van der Waals surface area contributed by atoms with E-state index in [-0.39, 0.29) is 6.17 Å². The zero-order chi connectivity index (χ0) is 16.7. The van der Waals surface area contributed by atoms with E-state index in [2.05, 4.69) is 19.9 Å². The van der Waals surface area contributed by atoms with Gasteiger partial charge in [-0.05, 0) is 24.3 Å². The largest absolute Gasteiger partial charge is 0.497 e. The number of rotatable bonds is 3. The summed E-state index contributed by atoms with van der Waals surface area (Å²) in [5.41, 5.74) is 8.92. The number of methoxy groups -OCH3 is 2. The van der Waals surface area contributed by atoms with Crippen molar-refractivity contribution in [3.8, 4) is 11.5 Å². The van der Waals surface area contributed by atoms with Crippen LogP contribution in [0.4, 0.5) is 5.95 Å². The second kappa shape index (κ2) is 5.45. The van der Waals surface area contributed by atoms with E-state index in [1.165, 1.54) is 0 Å². The third-order valence-electron chi connectivity index (χ3n) is 4.13. The highest BCUT2D eigenvalue weighted by atomic mass is 16.5. The first kappa shape index (κ1) is 14.4. The number of nitrogens with one attached hydrogen (secondary N) is 2. The number of fused-ring (bicyclic) bond motifs is 3. The molecule has 1 aliphatic heterocycles. The molecule has 0 amide bonds. The predicted octanol–water partition coefficient (Wildman–Crippen LogP) is 1.76. The van der Waals surface area contributed by atoms with Gasteiger partial charge in [0.05, 0.1) is 19.8 Å². The predicted molar refractivity (Wildman–Crippen MR) is 91.4 cm³/mol. The number of aliphatic imine (C=N–C) groups is 1. The van der Waals surface area contributed by atoms with Crippen LogP contribution in [0.15, 0.2) is 47.5 Å². The van der Waals surface area contributed by atoms with Crippen LogP contribution < -0.4 is 25.1 Å². The number of imidazole rings is 1. The fourth-order valence-electron chi connectivity index (χ4n) is 3.03. The number of para-hydroxylation sites is 2. The maximum absolute atomic E-state index is 5.99. The molecule has 0 spiro atoms. The van der Waals surface area contributed by atoms with Gasteiger partial charge in [-0.1, -0.05) is 12.1 Å². The molecule has 0 saturated carbocycles. The number of aromatic nitrogens is 2. The molecule has 0 radical (unpaired) electrons. The maximum Gasteiger partial charge on any atom is 0.365 e. The first-order valence-electron chi connectivity index (χ1n) is 7.55. The quantitative estimate of drug-likeness (QED) is 0.641. The van der Waals surface area contributed by atoms with Crippen molar-refractivity contribution in [1.29, 1.82) is 0 Å². The highest BCUT2D eigenvalue weighted by Crippen LogP contribution is 2.32. The minimum Gasteiger partial charge on any atom is -0.497 e. The Morgan fingerprint density at radius 2 is 1.96 bits per heavy atom. The molecule has 0 unspecified atom stereocenters. The third kappa shape index (κ3) is 2.13. The number of H-pyrrole nitrogens is 1. The molecule has 1 aromatic heterocycles. The van der Waals surface area contributed by atoms with Gasteiger partial charge in [0.25, 0.3) is 5.96 Å². The Kier molecular flexibility index (Phi) is 3.26. The number of ether oxygens (including phenoxy) is 2. The van der Waals surface area contributed by atoms with E-state index in [0.717, 1.165) is 28.3 Å². The molecule has 2 heterocycles. The zero-order valence-corrected chi connectivity index (χ0v) is 13.4. The van der Waals surface area contributed by atoms with E-state index in [9.17, 15) is 0 Å². The fraction of sp³-hybridized carbons (Fsp3) is 0.176. The van der Waals surface area contributed by atoms with Crippen molar-refractivity contribution >= 4 is 22.9 Å². The van der Waals surface area contributed by atoms with E-state index >= 15 is 0 Å². The standard InChI is InChI=1S/C17H17N5O2/c1-23-10-7-8-11(14(9-10)24-2)15-20-16(18)21-17-19-12-5-3-4-6-13(12)22(15)17/h3-9,15H,1-2H3,(H3,18,19,20,21)/p+1/t15-/m1/s1. The average Bonchev–Trinajstić information content (AvgIpc) is 2.98. The van der Waals surface area contributed by atoms with Crippen LogP contribution in [0.5, 0.6) is 11.5 Å². The van der Waals surface area contributed by atoms with E-state index in [4.69, 9.17) is 15.2 Å². The summed E-state index contributed by atoms with van der Waals surface area (Å²) in [7, 11) is 3.26. The first-order valence-corrected chi connectivity index (χ1v) is 7.55. The summed E-state index contributed by atoms with van der Waals surface area (Å²) in [4.78, 5) is 7.92. The van der Waals surface area contributed by atoms with Gasteiger partial charge < -0.3 is 15.2 Å². The molecule has 2 aromatic carbocycles. The van der Waals surface area contributed by atoms with Crippen molar-refractivity contribution in [3.05, 3.63) is 48.0 Å². The highest BCUT2D eigenvalue weighted by Gasteiger charge is 2.32. The molecule has 1 aliphatic rings. The van der Waals surface area contributed by atoms with Gasteiger partial charge in [-0.3, -0.25) is 0 Å². The number of hydrogen-bond acceptors (Lipinski definition) is 5. The molecule has 3 aromatic rings. The van der Waals surface area contributed by atoms with Crippen LogP contribution in [0.2, 0.25) is 0 Å². The van der Waals surface area contributed by atoms with Crippen molar-refractivity contribution in [3.63, 3.8) is 0 Å². The molecule has 122 valence electrons. The Balaban J connectivity index is 1.94. The Bertz CT molecular complexity index is 947. The molecule has 1 atom stereocenters. The molecule has 7 heteroatoms. The zero-order valence-electron chi connectivity index (χ0n) is 13.4. The summed E-state index contributed by atoms with van der Waals surface area (Å²) < 4.78 is 12.9. The number of hydrogen-bond donors (Lipinski definition) is 3. The summed E-state index contributed by atoms with van der Waals surface area (Å²) in [6, 6.07) is 13.7. The molecule has 0 fully saturated rings. The lowest BCUT2D eigenvalue weighted by molar-refractivity contribution is -0.674. The SMILES string of the molecule is COc1ccc([C@@H]2N=C(N)Nc3[nH]c4ccccc4[n+]32)c(OC)c1. The van der Waals surface area contributed by atoms with Crippen molar-refractivity contribution in [2.24, 2.45) is 10.7 Å². The summed E-state index contributed by atoms with van der Waals surface area (Å²) in [5, 5.41) is 3.08. The summed E-state index contributed by atoms with van der Waals surface area (Å²) in [5.74, 6) is 2.56. The van der Waals surface area contributed by atoms with Crippen LogP contribution >= 0.6 is 0 Å². The summed E-state index contributed by atoms with van der Waals surface area (Å²) in [6.07, 6.45) is -0.335. The molecule has 0 bridgehead atoms. The van der Waals surface area contributed by atoms with Gasteiger partial charge in [0.15, 0.2) is 0 Å². The van der Waals surface area contributed by atoms with E-state index in [1.807, 2.05) is 42.5 Å². The van der Waals surface area contributed by atoms with Crippen LogP contribution in [0.25, 0.3) is 11.0 Å². The molecule has 0 aliphatic carbocycles. The van der Waals surface area contributed by atoms with Gasteiger partial charge >= 0.3 is 5.95 Å². The number of nitrogens with zero attached hydrogens (tertiary/aromatic N) is 2. The van der Waals surface area contributed by atoms with Crippen LogP contribution in [-0.2, 0) is 0 Å². The average molecular weight is 324 g/mol. The number of aromatic amines is 1. The van der Waals surface area contributed by atoms with E-state index in [0.29, 0.717) is 11.7 Å². The normalized spacial score (nSPS) is 16.2. The second-order valence-electron chi connectivity index (χ2n) is 5.48. The van der Waals surface area contributed by atoms with Crippen LogP contribution in [0, 0.1) is 0 Å². The van der Waals surface area contributed by atoms with Gasteiger partial charge in [0.2, 0.25) is 6.17 Å². The van der Waals surface area contributed by atoms with Crippen molar-refractivity contribution in [1.82, 2.24) is 4.98 Å². The molecule has 7 nitrogen and oxygen atoms in total. The topological polar surface area (TPSA) is 88.5 Å². The van der Waals surface area contributed by atoms with Gasteiger partial charge in [-0.15, -0.1) is 0 Å². The lowest BCUT2D eigenvalue weighted by atomic mass is 10.1. The van der Waals surface area contributed by atoms with Crippen LogP contribution in [-0.4, -0.2) is 25.2 Å². The Labute approximate surface area is 138 Å². The third-order valence-corrected chi connectivity index (χ3v) is 4.13. The number of nitrogens with two attached hydrogens (primary N) is 1. The maximum atomic E-state index is 5.99. The molecular formula is C17H18N5O2+. The Morgan fingerprint density at radius 3 is 2.75 bits per heavy atom. The number of guanidine groups is 1. The van der Waals surface area contributed by atoms with E-state index < -0.39 is 0 Å². The minimum atomic E-state index is -0.335. The van der Waals surface area contributed by atoms with Gasteiger partial charge in [-0.25, -0.2) is 14.9 Å². The molecule has 0 saturated heterocycles. The van der Waals surface area contributed by atoms with E-state index in [1.54, 1.807) is 14.2 Å².